The summed E-state index contributed by atoms with van der Waals surface area (Å²) in [5, 5.41) is 1.18. The van der Waals surface area contributed by atoms with Gasteiger partial charge >= 0.3 is 0 Å². The number of fused-ring (bicyclic) bond motifs is 1. The van der Waals surface area contributed by atoms with Gasteiger partial charge in [0.25, 0.3) is 0 Å². The van der Waals surface area contributed by atoms with E-state index >= 15 is 0 Å². The van der Waals surface area contributed by atoms with Gasteiger partial charge in [0.05, 0.1) is 15.2 Å². The molecule has 1 aromatic heterocycles. The molecule has 3 heteroatoms. The van der Waals surface area contributed by atoms with E-state index in [0.717, 1.165) is 11.9 Å². The molecule has 0 aliphatic rings. The molecule has 0 spiro atoms. The van der Waals surface area contributed by atoms with Gasteiger partial charge in [-0.25, -0.2) is 4.98 Å². The van der Waals surface area contributed by atoms with Crippen molar-refractivity contribution in [1.29, 1.82) is 0 Å². The van der Waals surface area contributed by atoms with Crippen LogP contribution in [-0.2, 0) is 0 Å². The van der Waals surface area contributed by atoms with Crippen LogP contribution in [0.2, 0.25) is 0 Å². The average Bonchev–Trinajstić information content (AvgIpc) is 2.67. The van der Waals surface area contributed by atoms with Crippen LogP contribution in [-0.4, -0.2) is 11.5 Å². The molecule has 0 bridgehead atoms. The molecule has 1 aromatic carbocycles. The molecule has 2 N–H and O–H groups in total. The third kappa shape index (κ3) is 3.05. The fourth-order valence-corrected chi connectivity index (χ4v) is 3.16. The van der Waals surface area contributed by atoms with Crippen LogP contribution in [0.1, 0.15) is 38.1 Å². The Morgan fingerprint density at radius 3 is 2.59 bits per heavy atom. The van der Waals surface area contributed by atoms with Crippen LogP contribution in [0.15, 0.2) is 24.3 Å². The summed E-state index contributed by atoms with van der Waals surface area (Å²) in [4.78, 5) is 4.71. The van der Waals surface area contributed by atoms with Crippen LogP contribution in [0, 0.1) is 5.41 Å². The molecule has 2 aromatic rings. The number of hydrogen-bond acceptors (Lipinski definition) is 3. The summed E-state index contributed by atoms with van der Waals surface area (Å²) in [6.07, 6.45) is 1.09. The minimum absolute atomic E-state index is 0.294. The third-order valence-electron chi connectivity index (χ3n) is 2.80. The predicted octanol–water partition coefficient (Wildman–Crippen LogP) is 3.77. The Hall–Kier alpha value is -0.930. The van der Waals surface area contributed by atoms with E-state index in [1.165, 1.54) is 9.71 Å². The first-order chi connectivity index (χ1) is 7.99. The minimum atomic E-state index is 0.294. The van der Waals surface area contributed by atoms with E-state index in [2.05, 4.69) is 39.0 Å². The summed E-state index contributed by atoms with van der Waals surface area (Å²) >= 11 is 1.78. The number of para-hydroxylation sites is 1. The molecule has 1 heterocycles. The second kappa shape index (κ2) is 4.75. The van der Waals surface area contributed by atoms with Gasteiger partial charge in [0.15, 0.2) is 0 Å². The molecule has 17 heavy (non-hydrogen) atoms. The lowest BCUT2D eigenvalue weighted by molar-refractivity contribution is 0.341. The lowest BCUT2D eigenvalue weighted by Crippen LogP contribution is -2.19. The van der Waals surface area contributed by atoms with Gasteiger partial charge in [-0.05, 0) is 24.0 Å². The van der Waals surface area contributed by atoms with Crippen molar-refractivity contribution in [2.24, 2.45) is 11.1 Å². The third-order valence-corrected chi connectivity index (χ3v) is 4.00. The number of thiazole rings is 1. The van der Waals surface area contributed by atoms with E-state index in [1.807, 2.05) is 6.07 Å². The smallest absolute Gasteiger partial charge is 0.0982 e. The van der Waals surface area contributed by atoms with Gasteiger partial charge in [0, 0.05) is 12.5 Å². The molecule has 0 radical (unpaired) electrons. The van der Waals surface area contributed by atoms with Gasteiger partial charge in [-0.1, -0.05) is 32.9 Å². The van der Waals surface area contributed by atoms with Crippen molar-refractivity contribution in [3.05, 3.63) is 29.3 Å². The molecule has 0 saturated carbocycles. The van der Waals surface area contributed by atoms with E-state index in [4.69, 9.17) is 10.7 Å². The molecule has 1 atom stereocenters. The maximum absolute atomic E-state index is 5.90. The monoisotopic (exact) mass is 248 g/mol. The van der Waals surface area contributed by atoms with Crippen LogP contribution < -0.4 is 5.73 Å². The predicted molar refractivity (Wildman–Crippen MR) is 75.5 cm³/mol. The molecule has 0 saturated heterocycles. The Labute approximate surface area is 107 Å². The Balaban J connectivity index is 2.30. The summed E-state index contributed by atoms with van der Waals surface area (Å²) < 4.78 is 1.26. The summed E-state index contributed by atoms with van der Waals surface area (Å²) in [6.45, 7) is 7.44. The fourth-order valence-electron chi connectivity index (χ4n) is 2.08. The molecule has 2 rings (SSSR count). The van der Waals surface area contributed by atoms with Crippen molar-refractivity contribution in [3.8, 4) is 0 Å². The van der Waals surface area contributed by atoms with E-state index in [0.29, 0.717) is 17.9 Å². The molecule has 1 unspecified atom stereocenters. The average molecular weight is 248 g/mol. The maximum atomic E-state index is 5.90. The topological polar surface area (TPSA) is 38.9 Å². The Morgan fingerprint density at radius 2 is 2.00 bits per heavy atom. The summed E-state index contributed by atoms with van der Waals surface area (Å²) in [6, 6.07) is 8.29. The van der Waals surface area contributed by atoms with Gasteiger partial charge in [-0.15, -0.1) is 11.3 Å². The fraction of sp³-hybridized carbons (Fsp3) is 0.500. The van der Waals surface area contributed by atoms with Crippen molar-refractivity contribution in [2.75, 3.05) is 6.54 Å². The second-order valence-corrected chi connectivity index (χ2v) is 6.78. The first-order valence-corrected chi connectivity index (χ1v) is 6.87. The number of benzene rings is 1. The lowest BCUT2D eigenvalue weighted by atomic mass is 9.85. The van der Waals surface area contributed by atoms with Crippen molar-refractivity contribution in [2.45, 2.75) is 33.1 Å². The lowest BCUT2D eigenvalue weighted by Gasteiger charge is -2.23. The summed E-state index contributed by atoms with van der Waals surface area (Å²) in [7, 11) is 0. The molecule has 2 nitrogen and oxygen atoms in total. The van der Waals surface area contributed by atoms with Crippen molar-refractivity contribution in [3.63, 3.8) is 0 Å². The van der Waals surface area contributed by atoms with Crippen LogP contribution in [0.25, 0.3) is 10.2 Å². The SMILES string of the molecule is CC(C)(C)CC(CN)c1nc2ccccc2s1. The van der Waals surface area contributed by atoms with E-state index in [1.54, 1.807) is 11.3 Å². The first-order valence-electron chi connectivity index (χ1n) is 6.05. The zero-order chi connectivity index (χ0) is 12.5. The summed E-state index contributed by atoms with van der Waals surface area (Å²) in [5.41, 5.74) is 7.29. The zero-order valence-corrected chi connectivity index (χ0v) is 11.6. The van der Waals surface area contributed by atoms with Gasteiger partial charge in [0.2, 0.25) is 0 Å². The number of aromatic nitrogens is 1. The van der Waals surface area contributed by atoms with E-state index in [9.17, 15) is 0 Å². The molecule has 92 valence electrons. The van der Waals surface area contributed by atoms with Crippen LogP contribution in [0.5, 0.6) is 0 Å². The summed E-state index contributed by atoms with van der Waals surface area (Å²) in [5.74, 6) is 0.382. The first kappa shape index (κ1) is 12.5. The van der Waals surface area contributed by atoms with Gasteiger partial charge < -0.3 is 5.73 Å². The Kier molecular flexibility index (Phi) is 3.50. The highest BCUT2D eigenvalue weighted by Crippen LogP contribution is 2.34. The minimum Gasteiger partial charge on any atom is -0.330 e. The van der Waals surface area contributed by atoms with Crippen LogP contribution in [0.4, 0.5) is 0 Å². The second-order valence-electron chi connectivity index (χ2n) is 5.72. The number of hydrogen-bond donors (Lipinski definition) is 1. The van der Waals surface area contributed by atoms with Crippen molar-refractivity contribution < 1.29 is 0 Å². The standard InChI is InChI=1S/C14H20N2S/c1-14(2,3)8-10(9-15)13-16-11-6-4-5-7-12(11)17-13/h4-7,10H,8-9,15H2,1-3H3. The zero-order valence-electron chi connectivity index (χ0n) is 10.7. The Morgan fingerprint density at radius 1 is 1.29 bits per heavy atom. The largest absolute Gasteiger partial charge is 0.330 e. The highest BCUT2D eigenvalue weighted by Gasteiger charge is 2.21. The van der Waals surface area contributed by atoms with Gasteiger partial charge in [-0.3, -0.25) is 0 Å². The number of nitrogens with two attached hydrogens (primary N) is 1. The number of nitrogens with zero attached hydrogens (tertiary/aromatic N) is 1. The molecule has 0 fully saturated rings. The highest BCUT2D eigenvalue weighted by atomic mass is 32.1. The molecule has 0 aliphatic carbocycles. The molecule has 0 aliphatic heterocycles. The van der Waals surface area contributed by atoms with Crippen LogP contribution in [0.3, 0.4) is 0 Å². The Bertz CT molecular complexity index is 463. The molecular formula is C14H20N2S. The van der Waals surface area contributed by atoms with Gasteiger partial charge in [-0.2, -0.15) is 0 Å². The van der Waals surface area contributed by atoms with E-state index < -0.39 is 0 Å². The normalized spacial score (nSPS) is 14.1. The quantitative estimate of drug-likeness (QED) is 0.898. The molecular weight excluding hydrogens is 228 g/mol. The number of rotatable bonds is 3. The van der Waals surface area contributed by atoms with Crippen molar-refractivity contribution >= 4 is 21.6 Å². The molecule has 0 amide bonds. The highest BCUT2D eigenvalue weighted by molar-refractivity contribution is 7.18. The maximum Gasteiger partial charge on any atom is 0.0982 e. The van der Waals surface area contributed by atoms with Crippen molar-refractivity contribution in [1.82, 2.24) is 4.98 Å². The van der Waals surface area contributed by atoms with Gasteiger partial charge in [0.1, 0.15) is 0 Å². The van der Waals surface area contributed by atoms with E-state index in [-0.39, 0.29) is 0 Å². The van der Waals surface area contributed by atoms with Crippen LogP contribution >= 0.6 is 11.3 Å².